The predicted octanol–water partition coefficient (Wildman–Crippen LogP) is 5.27. The standard InChI is InChI=1S/C21H21N/c1-3-8-17(9-4-1)18-13-14-21-19(16-18)10-7-15-22(21)20-11-5-2-6-12-20/h1-6,8-9,11-14,19H,7,10,15-16H2. The van der Waals surface area contributed by atoms with E-state index < -0.39 is 0 Å². The van der Waals surface area contributed by atoms with Crippen LogP contribution < -0.4 is 4.90 Å². The molecule has 0 spiro atoms. The molecule has 22 heavy (non-hydrogen) atoms. The third-order valence-corrected chi connectivity index (χ3v) is 4.80. The lowest BCUT2D eigenvalue weighted by Gasteiger charge is -2.39. The molecular formula is C21H21N. The maximum atomic E-state index is 2.51. The summed E-state index contributed by atoms with van der Waals surface area (Å²) in [5.74, 6) is 0.661. The monoisotopic (exact) mass is 287 g/mol. The maximum absolute atomic E-state index is 2.51. The molecule has 0 radical (unpaired) electrons. The molecule has 2 aromatic rings. The van der Waals surface area contributed by atoms with Crippen LogP contribution in [0.15, 0.2) is 78.5 Å². The lowest BCUT2D eigenvalue weighted by Crippen LogP contribution is -2.34. The molecular weight excluding hydrogens is 266 g/mol. The van der Waals surface area contributed by atoms with Gasteiger partial charge in [-0.05, 0) is 48.6 Å². The minimum absolute atomic E-state index is 0.661. The number of hydrogen-bond acceptors (Lipinski definition) is 1. The zero-order valence-corrected chi connectivity index (χ0v) is 12.8. The molecule has 4 rings (SSSR count). The number of hydrogen-bond donors (Lipinski definition) is 0. The molecule has 1 heteroatoms. The van der Waals surface area contributed by atoms with E-state index in [0.29, 0.717) is 5.92 Å². The molecule has 0 saturated carbocycles. The van der Waals surface area contributed by atoms with E-state index in [-0.39, 0.29) is 0 Å². The molecule has 0 amide bonds. The first-order valence-electron chi connectivity index (χ1n) is 8.20. The molecule has 2 aromatic carbocycles. The number of rotatable bonds is 2. The summed E-state index contributed by atoms with van der Waals surface area (Å²) in [7, 11) is 0. The first-order valence-corrected chi connectivity index (χ1v) is 8.20. The fourth-order valence-corrected chi connectivity index (χ4v) is 3.70. The molecule has 0 bridgehead atoms. The van der Waals surface area contributed by atoms with E-state index in [1.807, 2.05) is 0 Å². The zero-order valence-electron chi connectivity index (χ0n) is 12.8. The summed E-state index contributed by atoms with van der Waals surface area (Å²) in [6.45, 7) is 1.14. The molecule has 0 N–H and O–H groups in total. The van der Waals surface area contributed by atoms with Crippen LogP contribution in [-0.2, 0) is 0 Å². The highest BCUT2D eigenvalue weighted by Crippen LogP contribution is 2.40. The Morgan fingerprint density at radius 2 is 1.55 bits per heavy atom. The first-order chi connectivity index (χ1) is 10.9. The minimum atomic E-state index is 0.661. The zero-order chi connectivity index (χ0) is 14.8. The van der Waals surface area contributed by atoms with Crippen molar-refractivity contribution in [2.75, 3.05) is 11.4 Å². The van der Waals surface area contributed by atoms with Crippen molar-refractivity contribution < 1.29 is 0 Å². The SMILES string of the molecule is C1=C(c2ccccc2)CC2CCCN(c3ccccc3)C2=C1. The molecule has 0 aromatic heterocycles. The Morgan fingerprint density at radius 3 is 2.32 bits per heavy atom. The molecule has 1 aliphatic heterocycles. The summed E-state index contributed by atoms with van der Waals surface area (Å²) < 4.78 is 0. The normalized spacial score (nSPS) is 20.9. The van der Waals surface area contributed by atoms with Gasteiger partial charge in [0.1, 0.15) is 0 Å². The summed E-state index contributed by atoms with van der Waals surface area (Å²) in [4.78, 5) is 2.51. The Labute approximate surface area is 132 Å². The number of fused-ring (bicyclic) bond motifs is 1. The van der Waals surface area contributed by atoms with Gasteiger partial charge in [0.05, 0.1) is 0 Å². The van der Waals surface area contributed by atoms with Crippen LogP contribution in [0.25, 0.3) is 5.57 Å². The Kier molecular flexibility index (Phi) is 3.56. The van der Waals surface area contributed by atoms with Crippen molar-refractivity contribution in [1.82, 2.24) is 0 Å². The van der Waals surface area contributed by atoms with Gasteiger partial charge in [-0.3, -0.25) is 0 Å². The lowest BCUT2D eigenvalue weighted by atomic mass is 9.82. The van der Waals surface area contributed by atoms with Gasteiger partial charge in [0.2, 0.25) is 0 Å². The van der Waals surface area contributed by atoms with Crippen molar-refractivity contribution in [2.45, 2.75) is 19.3 Å². The van der Waals surface area contributed by atoms with Gasteiger partial charge in [0.25, 0.3) is 0 Å². The number of anilines is 1. The fraction of sp³-hybridized carbons (Fsp3) is 0.238. The van der Waals surface area contributed by atoms with Gasteiger partial charge < -0.3 is 4.90 Å². The molecule has 1 unspecified atom stereocenters. The second-order valence-electron chi connectivity index (χ2n) is 6.18. The van der Waals surface area contributed by atoms with Crippen molar-refractivity contribution in [3.63, 3.8) is 0 Å². The van der Waals surface area contributed by atoms with E-state index >= 15 is 0 Å². The summed E-state index contributed by atoms with van der Waals surface area (Å²) in [5.41, 5.74) is 5.67. The Balaban J connectivity index is 1.67. The molecule has 110 valence electrons. The van der Waals surface area contributed by atoms with E-state index in [2.05, 4.69) is 77.7 Å². The van der Waals surface area contributed by atoms with Crippen LogP contribution in [0.5, 0.6) is 0 Å². The topological polar surface area (TPSA) is 3.24 Å². The fourth-order valence-electron chi connectivity index (χ4n) is 3.70. The van der Waals surface area contributed by atoms with Crippen LogP contribution in [0.2, 0.25) is 0 Å². The average molecular weight is 287 g/mol. The molecule has 1 aliphatic carbocycles. The Hall–Kier alpha value is -2.28. The summed E-state index contributed by atoms with van der Waals surface area (Å²) in [5, 5.41) is 0. The van der Waals surface area contributed by atoms with Gasteiger partial charge in [0, 0.05) is 23.8 Å². The van der Waals surface area contributed by atoms with Crippen molar-refractivity contribution in [2.24, 2.45) is 5.92 Å². The van der Waals surface area contributed by atoms with E-state index in [0.717, 1.165) is 6.54 Å². The number of piperidine rings is 1. The van der Waals surface area contributed by atoms with Crippen molar-refractivity contribution in [3.05, 3.63) is 84.1 Å². The van der Waals surface area contributed by atoms with Crippen molar-refractivity contribution in [3.8, 4) is 0 Å². The quantitative estimate of drug-likeness (QED) is 0.727. The van der Waals surface area contributed by atoms with E-state index in [9.17, 15) is 0 Å². The summed E-state index contributed by atoms with van der Waals surface area (Å²) >= 11 is 0. The van der Waals surface area contributed by atoms with Gasteiger partial charge >= 0.3 is 0 Å². The van der Waals surface area contributed by atoms with Crippen LogP contribution in [0, 0.1) is 5.92 Å². The number of para-hydroxylation sites is 1. The van der Waals surface area contributed by atoms with Crippen LogP contribution in [0.1, 0.15) is 24.8 Å². The summed E-state index contributed by atoms with van der Waals surface area (Å²) in [6.07, 6.45) is 8.42. The molecule has 1 atom stereocenters. The average Bonchev–Trinajstić information content (AvgIpc) is 2.62. The molecule has 1 heterocycles. The predicted molar refractivity (Wildman–Crippen MR) is 93.6 cm³/mol. The Morgan fingerprint density at radius 1 is 0.818 bits per heavy atom. The molecule has 1 saturated heterocycles. The van der Waals surface area contributed by atoms with Crippen LogP contribution in [-0.4, -0.2) is 6.54 Å². The second-order valence-corrected chi connectivity index (χ2v) is 6.18. The van der Waals surface area contributed by atoms with Gasteiger partial charge in [-0.2, -0.15) is 0 Å². The number of benzene rings is 2. The van der Waals surface area contributed by atoms with E-state index in [4.69, 9.17) is 0 Å². The lowest BCUT2D eigenvalue weighted by molar-refractivity contribution is 0.480. The van der Waals surface area contributed by atoms with Gasteiger partial charge in [-0.15, -0.1) is 0 Å². The van der Waals surface area contributed by atoms with Crippen molar-refractivity contribution >= 4 is 11.3 Å². The first kappa shape index (κ1) is 13.4. The number of nitrogens with zero attached hydrogens (tertiary/aromatic N) is 1. The van der Waals surface area contributed by atoms with Crippen LogP contribution in [0.4, 0.5) is 5.69 Å². The molecule has 2 aliphatic rings. The molecule has 1 fully saturated rings. The van der Waals surface area contributed by atoms with Gasteiger partial charge in [-0.25, -0.2) is 0 Å². The smallest absolute Gasteiger partial charge is 0.0408 e. The second kappa shape index (κ2) is 5.84. The van der Waals surface area contributed by atoms with E-state index in [1.165, 1.54) is 41.8 Å². The van der Waals surface area contributed by atoms with Crippen LogP contribution in [0.3, 0.4) is 0 Å². The number of allylic oxidation sites excluding steroid dienone is 4. The highest BCUT2D eigenvalue weighted by Gasteiger charge is 2.28. The highest BCUT2D eigenvalue weighted by atomic mass is 15.2. The van der Waals surface area contributed by atoms with E-state index in [1.54, 1.807) is 0 Å². The largest absolute Gasteiger partial charge is 0.345 e. The maximum Gasteiger partial charge on any atom is 0.0408 e. The van der Waals surface area contributed by atoms with Gasteiger partial charge in [0.15, 0.2) is 0 Å². The van der Waals surface area contributed by atoms with Crippen LogP contribution >= 0.6 is 0 Å². The highest BCUT2D eigenvalue weighted by molar-refractivity contribution is 5.70. The van der Waals surface area contributed by atoms with Gasteiger partial charge in [-0.1, -0.05) is 54.6 Å². The third kappa shape index (κ3) is 2.48. The van der Waals surface area contributed by atoms with Crippen molar-refractivity contribution in [1.29, 1.82) is 0 Å². The molecule has 1 nitrogen and oxygen atoms in total. The third-order valence-electron chi connectivity index (χ3n) is 4.80. The summed E-state index contributed by atoms with van der Waals surface area (Å²) in [6, 6.07) is 21.6. The minimum Gasteiger partial charge on any atom is -0.345 e. The Bertz CT molecular complexity index is 697.